The number of aliphatic hydroxyl groups is 1. The van der Waals surface area contributed by atoms with Crippen LogP contribution in [0.4, 0.5) is 0 Å². The van der Waals surface area contributed by atoms with E-state index in [0.717, 1.165) is 6.42 Å². The van der Waals surface area contributed by atoms with Gasteiger partial charge < -0.3 is 10.4 Å². The topological polar surface area (TPSA) is 63.0 Å². The molecule has 0 amide bonds. The third-order valence-electron chi connectivity index (χ3n) is 2.62. The summed E-state index contributed by atoms with van der Waals surface area (Å²) in [5.74, 6) is 0. The van der Waals surface area contributed by atoms with Crippen molar-refractivity contribution in [3.05, 3.63) is 12.7 Å². The number of nitrogens with zero attached hydrogens (tertiary/aromatic N) is 3. The van der Waals surface area contributed by atoms with Gasteiger partial charge in [0.05, 0.1) is 12.6 Å². The molecular formula is C11H22N4O. The van der Waals surface area contributed by atoms with Gasteiger partial charge in [-0.3, -0.25) is 4.68 Å². The van der Waals surface area contributed by atoms with Gasteiger partial charge in [-0.25, -0.2) is 4.98 Å². The molecule has 0 radical (unpaired) electrons. The van der Waals surface area contributed by atoms with E-state index in [2.05, 4.69) is 36.2 Å². The highest BCUT2D eigenvalue weighted by atomic mass is 16.3. The molecule has 5 heteroatoms. The van der Waals surface area contributed by atoms with E-state index in [1.165, 1.54) is 6.33 Å². The Balaban J connectivity index is 2.62. The van der Waals surface area contributed by atoms with Crippen molar-refractivity contribution in [1.82, 2.24) is 20.1 Å². The zero-order valence-electron chi connectivity index (χ0n) is 10.5. The van der Waals surface area contributed by atoms with E-state index in [9.17, 15) is 5.11 Å². The van der Waals surface area contributed by atoms with Gasteiger partial charge in [-0.2, -0.15) is 5.10 Å². The quantitative estimate of drug-likeness (QED) is 0.759. The third-order valence-corrected chi connectivity index (χ3v) is 2.62. The first-order valence-electron chi connectivity index (χ1n) is 5.69. The molecule has 0 fully saturated rings. The number of nitrogens with one attached hydrogen (secondary N) is 1. The van der Waals surface area contributed by atoms with Gasteiger partial charge in [0.15, 0.2) is 0 Å². The predicted octanol–water partition coefficient (Wildman–Crippen LogP) is 0.978. The van der Waals surface area contributed by atoms with Crippen molar-refractivity contribution in [3.8, 4) is 0 Å². The number of rotatable bonds is 6. The van der Waals surface area contributed by atoms with E-state index in [4.69, 9.17) is 0 Å². The van der Waals surface area contributed by atoms with Gasteiger partial charge in [-0.1, -0.05) is 13.8 Å². The SMILES string of the molecule is CC(C)NC(C)(CO)CC(C)n1cncn1. The lowest BCUT2D eigenvalue weighted by Gasteiger charge is -2.33. The summed E-state index contributed by atoms with van der Waals surface area (Å²) >= 11 is 0. The van der Waals surface area contributed by atoms with E-state index in [0.29, 0.717) is 6.04 Å². The highest BCUT2D eigenvalue weighted by Gasteiger charge is 2.27. The second-order valence-corrected chi connectivity index (χ2v) is 4.95. The summed E-state index contributed by atoms with van der Waals surface area (Å²) in [6, 6.07) is 0.561. The highest BCUT2D eigenvalue weighted by Crippen LogP contribution is 2.20. The fraction of sp³-hybridized carbons (Fsp3) is 0.818. The standard InChI is InChI=1S/C11H22N4O/c1-9(2)14-11(4,6-16)5-10(3)15-8-12-7-13-15/h7-10,14,16H,5-6H2,1-4H3. The first kappa shape index (κ1) is 13.1. The molecule has 5 nitrogen and oxygen atoms in total. The maximum absolute atomic E-state index is 9.47. The molecule has 0 aliphatic carbocycles. The summed E-state index contributed by atoms with van der Waals surface area (Å²) < 4.78 is 1.82. The van der Waals surface area contributed by atoms with Crippen LogP contribution in [0.5, 0.6) is 0 Å². The van der Waals surface area contributed by atoms with Crippen LogP contribution in [0, 0.1) is 0 Å². The van der Waals surface area contributed by atoms with Crippen LogP contribution in [0.2, 0.25) is 0 Å². The Morgan fingerprint density at radius 2 is 2.12 bits per heavy atom. The summed E-state index contributed by atoms with van der Waals surface area (Å²) in [5.41, 5.74) is -0.278. The van der Waals surface area contributed by atoms with Crippen molar-refractivity contribution in [2.75, 3.05) is 6.61 Å². The summed E-state index contributed by atoms with van der Waals surface area (Å²) in [4.78, 5) is 3.93. The smallest absolute Gasteiger partial charge is 0.137 e. The third kappa shape index (κ3) is 3.57. The van der Waals surface area contributed by atoms with Gasteiger partial charge in [-0.05, 0) is 20.3 Å². The van der Waals surface area contributed by atoms with Gasteiger partial charge in [-0.15, -0.1) is 0 Å². The lowest BCUT2D eigenvalue weighted by atomic mass is 9.93. The Bertz CT molecular complexity index is 299. The summed E-state index contributed by atoms with van der Waals surface area (Å²) in [6.45, 7) is 8.37. The van der Waals surface area contributed by atoms with E-state index in [-0.39, 0.29) is 18.2 Å². The predicted molar refractivity (Wildman–Crippen MR) is 63.1 cm³/mol. The lowest BCUT2D eigenvalue weighted by molar-refractivity contribution is 0.140. The van der Waals surface area contributed by atoms with Crippen molar-refractivity contribution in [2.24, 2.45) is 0 Å². The molecule has 0 saturated heterocycles. The molecule has 2 atom stereocenters. The molecule has 1 heterocycles. The molecule has 0 bridgehead atoms. The first-order valence-corrected chi connectivity index (χ1v) is 5.69. The van der Waals surface area contributed by atoms with E-state index in [1.54, 1.807) is 6.33 Å². The van der Waals surface area contributed by atoms with Crippen LogP contribution in [-0.2, 0) is 0 Å². The van der Waals surface area contributed by atoms with Crippen LogP contribution in [0.1, 0.15) is 40.2 Å². The molecule has 0 spiro atoms. The van der Waals surface area contributed by atoms with Crippen molar-refractivity contribution >= 4 is 0 Å². The molecule has 0 aliphatic heterocycles. The average Bonchev–Trinajstić information content (AvgIpc) is 2.69. The maximum atomic E-state index is 9.47. The summed E-state index contributed by atoms with van der Waals surface area (Å²) in [6.07, 6.45) is 4.05. The summed E-state index contributed by atoms with van der Waals surface area (Å²) in [5, 5.41) is 17.0. The monoisotopic (exact) mass is 226 g/mol. The number of aliphatic hydroxyl groups excluding tert-OH is 1. The number of hydrogen-bond donors (Lipinski definition) is 2. The van der Waals surface area contributed by atoms with Crippen LogP contribution in [0.3, 0.4) is 0 Å². The molecule has 0 saturated carbocycles. The van der Waals surface area contributed by atoms with E-state index in [1.807, 2.05) is 11.6 Å². The average molecular weight is 226 g/mol. The minimum absolute atomic E-state index is 0.115. The molecular weight excluding hydrogens is 204 g/mol. The molecule has 92 valence electrons. The van der Waals surface area contributed by atoms with Crippen LogP contribution in [-0.4, -0.2) is 38.1 Å². The zero-order chi connectivity index (χ0) is 12.2. The van der Waals surface area contributed by atoms with Crippen molar-refractivity contribution in [2.45, 2.75) is 51.7 Å². The van der Waals surface area contributed by atoms with Crippen LogP contribution >= 0.6 is 0 Å². The normalized spacial score (nSPS) is 17.4. The van der Waals surface area contributed by atoms with Gasteiger partial charge >= 0.3 is 0 Å². The molecule has 16 heavy (non-hydrogen) atoms. The fourth-order valence-corrected chi connectivity index (χ4v) is 2.06. The zero-order valence-corrected chi connectivity index (χ0v) is 10.5. The number of hydrogen-bond acceptors (Lipinski definition) is 4. The summed E-state index contributed by atoms with van der Waals surface area (Å²) in [7, 11) is 0. The van der Waals surface area contributed by atoms with Gasteiger partial charge in [0.25, 0.3) is 0 Å². The molecule has 1 aromatic rings. The minimum Gasteiger partial charge on any atom is -0.394 e. The Hall–Kier alpha value is -0.940. The van der Waals surface area contributed by atoms with Crippen molar-refractivity contribution in [3.63, 3.8) is 0 Å². The Morgan fingerprint density at radius 1 is 1.44 bits per heavy atom. The van der Waals surface area contributed by atoms with Gasteiger partial charge in [0.1, 0.15) is 12.7 Å². The molecule has 0 aromatic carbocycles. The Morgan fingerprint density at radius 3 is 2.56 bits per heavy atom. The van der Waals surface area contributed by atoms with Gasteiger partial charge in [0.2, 0.25) is 0 Å². The van der Waals surface area contributed by atoms with Gasteiger partial charge in [0, 0.05) is 11.6 Å². The molecule has 2 N–H and O–H groups in total. The number of aromatic nitrogens is 3. The lowest BCUT2D eigenvalue weighted by Crippen LogP contribution is -2.50. The molecule has 1 aromatic heterocycles. The molecule has 2 unspecified atom stereocenters. The highest BCUT2D eigenvalue weighted by molar-refractivity contribution is 4.87. The van der Waals surface area contributed by atoms with Crippen LogP contribution in [0.25, 0.3) is 0 Å². The molecule has 1 rings (SSSR count). The van der Waals surface area contributed by atoms with Crippen LogP contribution in [0.15, 0.2) is 12.7 Å². The van der Waals surface area contributed by atoms with Crippen molar-refractivity contribution < 1.29 is 5.11 Å². The van der Waals surface area contributed by atoms with E-state index >= 15 is 0 Å². The second kappa shape index (κ2) is 5.41. The Labute approximate surface area is 96.9 Å². The molecule has 0 aliphatic rings. The fourth-order valence-electron chi connectivity index (χ4n) is 2.06. The second-order valence-electron chi connectivity index (χ2n) is 4.95. The first-order chi connectivity index (χ1) is 7.47. The maximum Gasteiger partial charge on any atom is 0.137 e. The largest absolute Gasteiger partial charge is 0.394 e. The van der Waals surface area contributed by atoms with Crippen molar-refractivity contribution in [1.29, 1.82) is 0 Å². The van der Waals surface area contributed by atoms with E-state index < -0.39 is 0 Å². The van der Waals surface area contributed by atoms with Crippen LogP contribution < -0.4 is 5.32 Å². The Kier molecular flexibility index (Phi) is 4.44. The minimum atomic E-state index is -0.278.